The van der Waals surface area contributed by atoms with Crippen LogP contribution in [0.5, 0.6) is 0 Å². The van der Waals surface area contributed by atoms with Gasteiger partial charge in [-0.2, -0.15) is 0 Å². The zero-order valence-electron chi connectivity index (χ0n) is 4.71. The van der Waals surface area contributed by atoms with Crippen LogP contribution in [-0.4, -0.2) is 21.7 Å². The average molecular weight is 124 g/mol. The minimum atomic E-state index is -0.110. The van der Waals surface area contributed by atoms with Gasteiger partial charge in [0.2, 0.25) is 0 Å². The highest BCUT2D eigenvalue weighted by Crippen LogP contribution is 1.86. The Kier molecular flexibility index (Phi) is 13.7. The molecular weight excluding hydrogens is 111 g/mol. The maximum Gasteiger partial charge on any atom is 0.0891 e. The quantitative estimate of drug-likeness (QED) is 0.379. The van der Waals surface area contributed by atoms with E-state index in [9.17, 15) is 4.39 Å². The second-order valence-corrected chi connectivity index (χ2v) is 3.10. The van der Waals surface area contributed by atoms with Crippen molar-refractivity contribution in [3.05, 3.63) is 0 Å². The highest BCUT2D eigenvalue weighted by molar-refractivity contribution is 6.33. The van der Waals surface area contributed by atoms with Crippen LogP contribution in [0.1, 0.15) is 6.42 Å². The maximum atomic E-state index is 11.2. The van der Waals surface area contributed by atoms with Crippen LogP contribution in [0.4, 0.5) is 4.39 Å². The van der Waals surface area contributed by atoms with Gasteiger partial charge in [0.1, 0.15) is 0 Å². The summed E-state index contributed by atoms with van der Waals surface area (Å²) in [5.74, 6) is 0. The first-order valence-corrected chi connectivity index (χ1v) is 4.89. The molecule has 1 nitrogen and oxygen atoms in total. The first-order chi connectivity index (χ1) is 2.91. The summed E-state index contributed by atoms with van der Waals surface area (Å²) in [5.41, 5.74) is 0. The monoisotopic (exact) mass is 124 g/mol. The summed E-state index contributed by atoms with van der Waals surface area (Å²) in [4.78, 5) is 0. The zero-order valence-corrected chi connectivity index (χ0v) is 6.12. The van der Waals surface area contributed by atoms with Crippen molar-refractivity contribution in [1.29, 1.82) is 0 Å². The zero-order chi connectivity index (χ0) is 4.83. The van der Waals surface area contributed by atoms with E-state index in [4.69, 9.17) is 0 Å². The second kappa shape index (κ2) is 9.44. The molecule has 0 unspecified atom stereocenters. The summed E-state index contributed by atoms with van der Waals surface area (Å²) in [6.45, 7) is 2.09. The molecule has 0 aliphatic heterocycles. The number of halogens is 1. The number of hydrogen-bond donors (Lipinski definition) is 0. The van der Waals surface area contributed by atoms with Crippen molar-refractivity contribution in [3.8, 4) is 0 Å². The molecule has 0 aromatic heterocycles. The molecule has 0 amide bonds. The predicted octanol–water partition coefficient (Wildman–Crippen LogP) is 0.156. The van der Waals surface area contributed by atoms with E-state index in [2.05, 4.69) is 6.55 Å². The number of alkyl halides is 1. The molecule has 0 aliphatic carbocycles. The van der Waals surface area contributed by atoms with Crippen LogP contribution in [-0.2, 0) is 0 Å². The van der Waals surface area contributed by atoms with Crippen molar-refractivity contribution < 1.29 is 9.87 Å². The third-order valence-electron chi connectivity index (χ3n) is 0.737. The first-order valence-electron chi connectivity index (χ1n) is 2.47. The van der Waals surface area contributed by atoms with Crippen LogP contribution >= 0.6 is 0 Å². The highest BCUT2D eigenvalue weighted by Gasteiger charge is 1.78. The molecule has 0 saturated carbocycles. The van der Waals surface area contributed by atoms with Crippen molar-refractivity contribution in [3.63, 3.8) is 0 Å². The summed E-state index contributed by atoms with van der Waals surface area (Å²) >= 11 is 0. The molecule has 0 atom stereocenters. The first kappa shape index (κ1) is 10.2. The van der Waals surface area contributed by atoms with Crippen LogP contribution in [0.15, 0.2) is 0 Å². The topological polar surface area (TPSA) is 31.5 Å². The van der Waals surface area contributed by atoms with Crippen molar-refractivity contribution in [2.24, 2.45) is 0 Å². The lowest BCUT2D eigenvalue weighted by atomic mass is 10.6. The normalized spacial score (nSPS) is 9.43. The van der Waals surface area contributed by atoms with Crippen molar-refractivity contribution in [1.82, 2.24) is 0 Å². The third-order valence-corrected chi connectivity index (χ3v) is 1.94. The van der Waals surface area contributed by atoms with Gasteiger partial charge in [-0.15, -0.1) is 0 Å². The van der Waals surface area contributed by atoms with E-state index in [1.807, 2.05) is 0 Å². The van der Waals surface area contributed by atoms with Crippen LogP contribution < -0.4 is 0 Å². The van der Waals surface area contributed by atoms with Gasteiger partial charge in [-0.3, -0.25) is 4.39 Å². The standard InChI is InChI=1S/C4H11FSi.H2O/c1-6-4-2-3-5;/h2-4,6H2,1H3;1H2. The van der Waals surface area contributed by atoms with Gasteiger partial charge in [-0.1, -0.05) is 12.6 Å². The predicted molar refractivity (Wildman–Crippen MR) is 33.4 cm³/mol. The third kappa shape index (κ3) is 10.7. The van der Waals surface area contributed by atoms with Crippen LogP contribution in [0.25, 0.3) is 0 Å². The van der Waals surface area contributed by atoms with E-state index in [1.54, 1.807) is 0 Å². The van der Waals surface area contributed by atoms with Gasteiger partial charge < -0.3 is 5.48 Å². The molecule has 0 spiro atoms. The largest absolute Gasteiger partial charge is 0.412 e. The molecule has 3 heteroatoms. The number of rotatable bonds is 3. The van der Waals surface area contributed by atoms with Crippen molar-refractivity contribution >= 4 is 9.52 Å². The van der Waals surface area contributed by atoms with Crippen LogP contribution in [0.3, 0.4) is 0 Å². The Morgan fingerprint density at radius 1 is 1.57 bits per heavy atom. The summed E-state index contributed by atoms with van der Waals surface area (Å²) < 4.78 is 11.2. The maximum absolute atomic E-state index is 11.2. The fraction of sp³-hybridized carbons (Fsp3) is 1.00. The Labute approximate surface area is 46.1 Å². The fourth-order valence-corrected chi connectivity index (χ4v) is 1.03. The van der Waals surface area contributed by atoms with E-state index in [0.29, 0.717) is 0 Å². The molecule has 7 heavy (non-hydrogen) atoms. The molecule has 0 aliphatic rings. The lowest BCUT2D eigenvalue weighted by molar-refractivity contribution is 0.486. The summed E-state index contributed by atoms with van der Waals surface area (Å²) in [7, 11) is 0.163. The smallest absolute Gasteiger partial charge is 0.0891 e. The Hall–Kier alpha value is 0.107. The minimum absolute atomic E-state index is 0. The Balaban J connectivity index is 0. The summed E-state index contributed by atoms with van der Waals surface area (Å²) in [5, 5.41) is 0. The molecule has 0 aromatic rings. The van der Waals surface area contributed by atoms with Gasteiger partial charge in [0.25, 0.3) is 0 Å². The Bertz CT molecular complexity index is 23.7. The van der Waals surface area contributed by atoms with E-state index in [1.165, 1.54) is 6.04 Å². The van der Waals surface area contributed by atoms with Crippen molar-refractivity contribution in [2.75, 3.05) is 6.67 Å². The highest BCUT2D eigenvalue weighted by atomic mass is 28.2. The van der Waals surface area contributed by atoms with Crippen LogP contribution in [0.2, 0.25) is 12.6 Å². The van der Waals surface area contributed by atoms with Gasteiger partial charge in [0, 0.05) is 9.52 Å². The molecule has 0 saturated heterocycles. The van der Waals surface area contributed by atoms with E-state index >= 15 is 0 Å². The van der Waals surface area contributed by atoms with Crippen molar-refractivity contribution in [2.45, 2.75) is 19.0 Å². The van der Waals surface area contributed by atoms with Gasteiger partial charge in [-0.25, -0.2) is 0 Å². The fourth-order valence-electron chi connectivity index (χ4n) is 0.344. The van der Waals surface area contributed by atoms with Gasteiger partial charge in [-0.05, 0) is 6.42 Å². The molecule has 2 N–H and O–H groups in total. The molecule has 0 aromatic carbocycles. The van der Waals surface area contributed by atoms with E-state index in [0.717, 1.165) is 6.42 Å². The van der Waals surface area contributed by atoms with E-state index < -0.39 is 0 Å². The minimum Gasteiger partial charge on any atom is -0.412 e. The Morgan fingerprint density at radius 2 is 2.14 bits per heavy atom. The summed E-state index contributed by atoms with van der Waals surface area (Å²) in [6, 6.07) is 1.18. The van der Waals surface area contributed by atoms with Gasteiger partial charge >= 0.3 is 0 Å². The average Bonchev–Trinajstić information content (AvgIpc) is 1.61. The molecule has 46 valence electrons. The SMILES string of the molecule is C[SiH2]CCCF.O. The lowest BCUT2D eigenvalue weighted by Gasteiger charge is -1.83. The molecule has 0 heterocycles. The molecule has 0 radical (unpaired) electrons. The van der Waals surface area contributed by atoms with E-state index in [-0.39, 0.29) is 21.7 Å². The van der Waals surface area contributed by atoms with Crippen LogP contribution in [0, 0.1) is 0 Å². The molecule has 0 rings (SSSR count). The number of hydrogen-bond acceptors (Lipinski definition) is 0. The molecule has 0 bridgehead atoms. The van der Waals surface area contributed by atoms with Gasteiger partial charge in [0.05, 0.1) is 6.67 Å². The molecule has 0 fully saturated rings. The Morgan fingerprint density at radius 3 is 2.29 bits per heavy atom. The second-order valence-electron chi connectivity index (χ2n) is 1.40. The molecular formula is C4H13FOSi. The summed E-state index contributed by atoms with van der Waals surface area (Å²) in [6.07, 6.45) is 0.808. The lowest BCUT2D eigenvalue weighted by Crippen LogP contribution is -1.80. The van der Waals surface area contributed by atoms with Gasteiger partial charge in [0.15, 0.2) is 0 Å².